The number of benzene rings is 3. The van der Waals surface area contributed by atoms with Gasteiger partial charge in [0, 0.05) is 5.56 Å². The number of aryl methyl sites for hydroxylation is 2. The second-order valence-electron chi connectivity index (χ2n) is 9.41. The highest BCUT2D eigenvalue weighted by molar-refractivity contribution is 6.31. The molecule has 0 aromatic heterocycles. The Morgan fingerprint density at radius 1 is 1.03 bits per heavy atom. The number of carboxylic acid groups (broad SMARTS) is 1. The first-order valence-corrected chi connectivity index (χ1v) is 12.3. The fraction of sp³-hybridized carbons (Fsp3) is 0.310. The SMILES string of the molecule is Cc1cc(C)cc(C(CC(C)C)NC(=O)c2cc(OCc3c(F)cccc3Cl)ccc2OCC(=O)O)c1. The van der Waals surface area contributed by atoms with Crippen molar-refractivity contribution in [1.82, 2.24) is 5.32 Å². The smallest absolute Gasteiger partial charge is 0.341 e. The van der Waals surface area contributed by atoms with Gasteiger partial charge < -0.3 is 19.9 Å². The summed E-state index contributed by atoms with van der Waals surface area (Å²) in [5.74, 6) is -1.45. The zero-order valence-electron chi connectivity index (χ0n) is 21.3. The van der Waals surface area contributed by atoms with Gasteiger partial charge in [0.25, 0.3) is 5.91 Å². The lowest BCUT2D eigenvalue weighted by Gasteiger charge is -2.23. The second kappa shape index (κ2) is 12.6. The summed E-state index contributed by atoms with van der Waals surface area (Å²) in [6.07, 6.45) is 0.696. The van der Waals surface area contributed by atoms with Gasteiger partial charge in [-0.3, -0.25) is 4.79 Å². The predicted molar refractivity (Wildman–Crippen MR) is 141 cm³/mol. The lowest BCUT2D eigenvalue weighted by Crippen LogP contribution is -2.30. The van der Waals surface area contributed by atoms with Crippen LogP contribution in [0.1, 0.15) is 58.9 Å². The molecule has 6 nitrogen and oxygen atoms in total. The van der Waals surface area contributed by atoms with Crippen molar-refractivity contribution in [2.75, 3.05) is 6.61 Å². The molecule has 0 saturated heterocycles. The molecule has 0 bridgehead atoms. The highest BCUT2D eigenvalue weighted by atomic mass is 35.5. The number of carboxylic acids is 1. The number of ether oxygens (including phenoxy) is 2. The van der Waals surface area contributed by atoms with Crippen LogP contribution >= 0.6 is 11.6 Å². The van der Waals surface area contributed by atoms with E-state index < -0.39 is 24.3 Å². The molecule has 3 aromatic rings. The van der Waals surface area contributed by atoms with Gasteiger partial charge in [-0.2, -0.15) is 0 Å². The van der Waals surface area contributed by atoms with Crippen LogP contribution in [-0.4, -0.2) is 23.6 Å². The summed E-state index contributed by atoms with van der Waals surface area (Å²) in [6, 6.07) is 14.7. The fourth-order valence-electron chi connectivity index (χ4n) is 4.06. The standard InChI is InChI=1S/C29H31ClFNO5/c1-17(2)10-26(20-12-18(3)11-19(4)13-20)32-29(35)22-14-21(8-9-27(22)37-16-28(33)34)36-15-23-24(30)6-5-7-25(23)31/h5-9,11-14,17,26H,10,15-16H2,1-4H3,(H,32,35)(H,33,34). The average Bonchev–Trinajstić information content (AvgIpc) is 2.81. The number of hydrogen-bond donors (Lipinski definition) is 2. The Morgan fingerprint density at radius 3 is 2.35 bits per heavy atom. The molecule has 8 heteroatoms. The molecule has 0 spiro atoms. The average molecular weight is 528 g/mol. The maximum atomic E-state index is 14.2. The molecule has 2 N–H and O–H groups in total. The topological polar surface area (TPSA) is 84.9 Å². The molecule has 37 heavy (non-hydrogen) atoms. The van der Waals surface area contributed by atoms with E-state index >= 15 is 0 Å². The molecule has 0 aliphatic rings. The third-order valence-electron chi connectivity index (χ3n) is 5.65. The maximum absolute atomic E-state index is 14.2. The van der Waals surface area contributed by atoms with Gasteiger partial charge in [-0.05, 0) is 62.1 Å². The molecule has 3 aromatic carbocycles. The third-order valence-corrected chi connectivity index (χ3v) is 6.00. The van der Waals surface area contributed by atoms with Crippen LogP contribution in [-0.2, 0) is 11.4 Å². The van der Waals surface area contributed by atoms with Gasteiger partial charge in [0.15, 0.2) is 6.61 Å². The van der Waals surface area contributed by atoms with Crippen LogP contribution < -0.4 is 14.8 Å². The second-order valence-corrected chi connectivity index (χ2v) is 9.81. The van der Waals surface area contributed by atoms with Crippen molar-refractivity contribution in [1.29, 1.82) is 0 Å². The summed E-state index contributed by atoms with van der Waals surface area (Å²) in [6.45, 7) is 7.39. The highest BCUT2D eigenvalue weighted by Gasteiger charge is 2.22. The molecule has 3 rings (SSSR count). The number of nitrogens with one attached hydrogen (secondary N) is 1. The molecule has 0 heterocycles. The van der Waals surface area contributed by atoms with E-state index in [1.54, 1.807) is 6.07 Å². The van der Waals surface area contributed by atoms with Crippen LogP contribution in [0, 0.1) is 25.6 Å². The van der Waals surface area contributed by atoms with Crippen LogP contribution in [0.25, 0.3) is 0 Å². The van der Waals surface area contributed by atoms with E-state index in [2.05, 4.69) is 25.2 Å². The molecule has 0 fully saturated rings. The van der Waals surface area contributed by atoms with E-state index in [0.717, 1.165) is 16.7 Å². The zero-order chi connectivity index (χ0) is 27.1. The molecule has 0 saturated carbocycles. The predicted octanol–water partition coefficient (Wildman–Crippen LogP) is 6.66. The van der Waals surface area contributed by atoms with Gasteiger partial charge in [-0.1, -0.05) is 60.8 Å². The van der Waals surface area contributed by atoms with E-state index in [9.17, 15) is 14.0 Å². The molecule has 196 valence electrons. The van der Waals surface area contributed by atoms with Crippen molar-refractivity contribution in [3.8, 4) is 11.5 Å². The number of hydrogen-bond acceptors (Lipinski definition) is 4. The van der Waals surface area contributed by atoms with Crippen molar-refractivity contribution in [3.05, 3.63) is 93.3 Å². The van der Waals surface area contributed by atoms with Crippen molar-refractivity contribution >= 4 is 23.5 Å². The minimum Gasteiger partial charge on any atom is -0.489 e. The summed E-state index contributed by atoms with van der Waals surface area (Å²) in [5, 5.41) is 12.4. The summed E-state index contributed by atoms with van der Waals surface area (Å²) in [7, 11) is 0. The fourth-order valence-corrected chi connectivity index (χ4v) is 4.28. The minimum absolute atomic E-state index is 0.0971. The number of rotatable bonds is 11. The number of aliphatic carboxylic acids is 1. The van der Waals surface area contributed by atoms with Gasteiger partial charge in [-0.15, -0.1) is 0 Å². The Kier molecular flexibility index (Phi) is 9.53. The molecular formula is C29H31ClFNO5. The monoisotopic (exact) mass is 527 g/mol. The maximum Gasteiger partial charge on any atom is 0.341 e. The first-order chi connectivity index (χ1) is 17.5. The van der Waals surface area contributed by atoms with E-state index in [1.807, 2.05) is 26.0 Å². The van der Waals surface area contributed by atoms with Gasteiger partial charge in [0.1, 0.15) is 23.9 Å². The third kappa shape index (κ3) is 7.95. The van der Waals surface area contributed by atoms with E-state index in [1.165, 1.54) is 30.3 Å². The van der Waals surface area contributed by atoms with Crippen LogP contribution in [0.3, 0.4) is 0 Å². The quantitative estimate of drug-likeness (QED) is 0.291. The van der Waals surface area contributed by atoms with E-state index in [0.29, 0.717) is 12.3 Å². The molecule has 0 aliphatic heterocycles. The van der Waals surface area contributed by atoms with Crippen molar-refractivity contribution in [3.63, 3.8) is 0 Å². The van der Waals surface area contributed by atoms with Gasteiger partial charge in [0.2, 0.25) is 0 Å². The Balaban J connectivity index is 1.91. The lowest BCUT2D eigenvalue weighted by molar-refractivity contribution is -0.139. The minimum atomic E-state index is -1.17. The first-order valence-electron chi connectivity index (χ1n) is 12.0. The first kappa shape index (κ1) is 28.0. The summed E-state index contributed by atoms with van der Waals surface area (Å²) >= 11 is 6.09. The number of carbonyl (C=O) groups excluding carboxylic acids is 1. The summed E-state index contributed by atoms with van der Waals surface area (Å²) in [4.78, 5) is 24.6. The summed E-state index contributed by atoms with van der Waals surface area (Å²) < 4.78 is 25.3. The van der Waals surface area contributed by atoms with E-state index in [-0.39, 0.29) is 40.3 Å². The zero-order valence-corrected chi connectivity index (χ0v) is 22.1. The molecule has 1 atom stereocenters. The van der Waals surface area contributed by atoms with Crippen LogP contribution in [0.15, 0.2) is 54.6 Å². The van der Waals surface area contributed by atoms with Crippen LogP contribution in [0.2, 0.25) is 5.02 Å². The molecule has 0 aliphatic carbocycles. The Labute approximate surface area is 221 Å². The Hall–Kier alpha value is -3.58. The van der Waals surface area contributed by atoms with Crippen molar-refractivity contribution < 1.29 is 28.6 Å². The van der Waals surface area contributed by atoms with Gasteiger partial charge in [0.05, 0.1) is 16.6 Å². The van der Waals surface area contributed by atoms with Crippen LogP contribution in [0.4, 0.5) is 4.39 Å². The lowest BCUT2D eigenvalue weighted by atomic mass is 9.94. The van der Waals surface area contributed by atoms with Crippen molar-refractivity contribution in [2.45, 2.75) is 46.8 Å². The molecule has 1 unspecified atom stereocenters. The summed E-state index contributed by atoms with van der Waals surface area (Å²) in [5.41, 5.74) is 3.45. The number of halogens is 2. The molecular weight excluding hydrogens is 497 g/mol. The number of carbonyl (C=O) groups is 2. The Morgan fingerprint density at radius 2 is 1.73 bits per heavy atom. The van der Waals surface area contributed by atoms with Gasteiger partial charge >= 0.3 is 5.97 Å². The largest absolute Gasteiger partial charge is 0.489 e. The Bertz CT molecular complexity index is 1240. The molecule has 0 radical (unpaired) electrons. The molecule has 1 amide bonds. The normalized spacial score (nSPS) is 11.8. The van der Waals surface area contributed by atoms with Crippen LogP contribution in [0.5, 0.6) is 11.5 Å². The number of amides is 1. The van der Waals surface area contributed by atoms with Gasteiger partial charge in [-0.25, -0.2) is 9.18 Å². The van der Waals surface area contributed by atoms with E-state index in [4.69, 9.17) is 26.2 Å². The highest BCUT2D eigenvalue weighted by Crippen LogP contribution is 2.29. The van der Waals surface area contributed by atoms with Crippen molar-refractivity contribution in [2.24, 2.45) is 5.92 Å².